The number of nitrogens with one attached hydrogen (secondary N) is 1. The summed E-state index contributed by atoms with van der Waals surface area (Å²) in [6, 6.07) is 5.03. The third-order valence-corrected chi connectivity index (χ3v) is 3.80. The Morgan fingerprint density at radius 2 is 2.33 bits per heavy atom. The van der Waals surface area contributed by atoms with Crippen molar-refractivity contribution in [3.05, 3.63) is 23.2 Å². The maximum atomic E-state index is 12.3. The zero-order valence-corrected chi connectivity index (χ0v) is 13.2. The lowest BCUT2D eigenvalue weighted by atomic mass is 10.1. The highest BCUT2D eigenvalue weighted by atomic mass is 35.5. The van der Waals surface area contributed by atoms with E-state index in [0.717, 1.165) is 19.4 Å². The summed E-state index contributed by atoms with van der Waals surface area (Å²) in [5.74, 6) is 0.660. The van der Waals surface area contributed by atoms with Crippen LogP contribution in [0.25, 0.3) is 0 Å². The normalized spacial score (nSPS) is 18.4. The number of halogens is 1. The van der Waals surface area contributed by atoms with Crippen molar-refractivity contribution in [3.8, 4) is 5.75 Å². The molecule has 2 rings (SSSR count). The number of nitrogens with zero attached hydrogens (tertiary/aromatic N) is 1. The average molecular weight is 313 g/mol. The SMILES string of the molecule is CCOC1CCCN(C(=O)Nc2ccc(OC)cc2Cl)C1. The second-order valence-electron chi connectivity index (χ2n) is 4.94. The molecule has 21 heavy (non-hydrogen) atoms. The minimum atomic E-state index is -0.147. The molecule has 5 nitrogen and oxygen atoms in total. The van der Waals surface area contributed by atoms with Crippen molar-refractivity contribution in [3.63, 3.8) is 0 Å². The van der Waals surface area contributed by atoms with E-state index in [0.29, 0.717) is 29.6 Å². The molecule has 1 saturated heterocycles. The van der Waals surface area contributed by atoms with Crippen LogP contribution in [0.3, 0.4) is 0 Å². The number of amides is 2. The van der Waals surface area contributed by atoms with Crippen LogP contribution < -0.4 is 10.1 Å². The Hall–Kier alpha value is -1.46. The molecular weight excluding hydrogens is 292 g/mol. The maximum Gasteiger partial charge on any atom is 0.321 e. The molecule has 1 unspecified atom stereocenters. The first-order valence-electron chi connectivity index (χ1n) is 7.15. The molecule has 1 atom stereocenters. The van der Waals surface area contributed by atoms with Gasteiger partial charge in [-0.3, -0.25) is 0 Å². The molecule has 0 spiro atoms. The summed E-state index contributed by atoms with van der Waals surface area (Å²) in [5.41, 5.74) is 0.584. The number of piperidine rings is 1. The summed E-state index contributed by atoms with van der Waals surface area (Å²) in [6.45, 7) is 4.00. The molecule has 0 saturated carbocycles. The highest BCUT2D eigenvalue weighted by Crippen LogP contribution is 2.27. The lowest BCUT2D eigenvalue weighted by Gasteiger charge is -2.32. The molecule has 0 bridgehead atoms. The molecule has 116 valence electrons. The van der Waals surface area contributed by atoms with Gasteiger partial charge in [-0.25, -0.2) is 4.79 Å². The van der Waals surface area contributed by atoms with E-state index in [2.05, 4.69) is 5.32 Å². The fourth-order valence-electron chi connectivity index (χ4n) is 2.41. The minimum absolute atomic E-state index is 0.126. The average Bonchev–Trinajstić information content (AvgIpc) is 2.50. The standard InChI is InChI=1S/C15H21ClN2O3/c1-3-21-12-5-4-8-18(10-12)15(19)17-14-7-6-11(20-2)9-13(14)16/h6-7,9,12H,3-5,8,10H2,1-2H3,(H,17,19). The molecule has 1 fully saturated rings. The van der Waals surface area contributed by atoms with Crippen molar-refractivity contribution in [2.45, 2.75) is 25.9 Å². The third kappa shape index (κ3) is 4.25. The van der Waals surface area contributed by atoms with Gasteiger partial charge in [0, 0.05) is 25.8 Å². The highest BCUT2D eigenvalue weighted by Gasteiger charge is 2.24. The summed E-state index contributed by atoms with van der Waals surface area (Å²) < 4.78 is 10.7. The van der Waals surface area contributed by atoms with Crippen LogP contribution >= 0.6 is 11.6 Å². The molecule has 1 aliphatic rings. The Bertz CT molecular complexity index is 494. The van der Waals surface area contributed by atoms with Crippen LogP contribution in [0.4, 0.5) is 10.5 Å². The first-order chi connectivity index (χ1) is 10.1. The van der Waals surface area contributed by atoms with Crippen molar-refractivity contribution >= 4 is 23.3 Å². The molecule has 1 heterocycles. The van der Waals surface area contributed by atoms with Gasteiger partial charge in [0.05, 0.1) is 23.9 Å². The Morgan fingerprint density at radius 3 is 3.00 bits per heavy atom. The first-order valence-corrected chi connectivity index (χ1v) is 7.53. The first kappa shape index (κ1) is 15.9. The summed E-state index contributed by atoms with van der Waals surface area (Å²) in [7, 11) is 1.57. The molecule has 1 aliphatic heterocycles. The van der Waals surface area contributed by atoms with Gasteiger partial charge in [-0.2, -0.15) is 0 Å². The summed E-state index contributed by atoms with van der Waals surface area (Å²) in [5, 5.41) is 3.30. The Labute approximate surface area is 130 Å². The van der Waals surface area contributed by atoms with Gasteiger partial charge in [0.25, 0.3) is 0 Å². The predicted molar refractivity (Wildman–Crippen MR) is 83.2 cm³/mol. The largest absolute Gasteiger partial charge is 0.497 e. The van der Waals surface area contributed by atoms with Crippen LogP contribution in [0.1, 0.15) is 19.8 Å². The molecule has 1 aromatic carbocycles. The van der Waals surface area contributed by atoms with E-state index in [4.69, 9.17) is 21.1 Å². The number of hydrogen-bond acceptors (Lipinski definition) is 3. The van der Waals surface area contributed by atoms with Gasteiger partial charge >= 0.3 is 6.03 Å². The van der Waals surface area contributed by atoms with Crippen LogP contribution in [0.5, 0.6) is 5.75 Å². The van der Waals surface area contributed by atoms with Crippen molar-refractivity contribution in [2.75, 3.05) is 32.1 Å². The van der Waals surface area contributed by atoms with Crippen LogP contribution in [0.2, 0.25) is 5.02 Å². The second kappa shape index (κ2) is 7.52. The van der Waals surface area contributed by atoms with E-state index in [1.165, 1.54) is 0 Å². The van der Waals surface area contributed by atoms with E-state index in [1.807, 2.05) is 6.92 Å². The van der Waals surface area contributed by atoms with E-state index in [-0.39, 0.29) is 12.1 Å². The van der Waals surface area contributed by atoms with Crippen molar-refractivity contribution in [2.24, 2.45) is 0 Å². The second-order valence-corrected chi connectivity index (χ2v) is 5.35. The number of rotatable bonds is 4. The topological polar surface area (TPSA) is 50.8 Å². The lowest BCUT2D eigenvalue weighted by Crippen LogP contribution is -2.45. The van der Waals surface area contributed by atoms with E-state index in [1.54, 1.807) is 30.2 Å². The van der Waals surface area contributed by atoms with Gasteiger partial charge in [0.15, 0.2) is 0 Å². The van der Waals surface area contributed by atoms with Gasteiger partial charge in [0.1, 0.15) is 5.75 Å². The lowest BCUT2D eigenvalue weighted by molar-refractivity contribution is 0.0181. The Morgan fingerprint density at radius 1 is 1.52 bits per heavy atom. The van der Waals surface area contributed by atoms with E-state index in [9.17, 15) is 4.79 Å². The Balaban J connectivity index is 1.97. The smallest absolute Gasteiger partial charge is 0.321 e. The summed E-state index contributed by atoms with van der Waals surface area (Å²) >= 11 is 6.13. The number of hydrogen-bond donors (Lipinski definition) is 1. The third-order valence-electron chi connectivity index (χ3n) is 3.49. The number of carbonyl (C=O) groups is 1. The van der Waals surface area contributed by atoms with Gasteiger partial charge in [-0.1, -0.05) is 11.6 Å². The summed E-state index contributed by atoms with van der Waals surface area (Å²) in [6.07, 6.45) is 2.08. The van der Waals surface area contributed by atoms with Crippen molar-refractivity contribution in [1.29, 1.82) is 0 Å². The molecule has 0 aliphatic carbocycles. The van der Waals surface area contributed by atoms with Crippen molar-refractivity contribution in [1.82, 2.24) is 4.90 Å². The molecule has 2 amide bonds. The highest BCUT2D eigenvalue weighted by molar-refractivity contribution is 6.33. The van der Waals surface area contributed by atoms with Gasteiger partial charge in [-0.05, 0) is 31.9 Å². The zero-order chi connectivity index (χ0) is 15.2. The van der Waals surface area contributed by atoms with E-state index < -0.39 is 0 Å². The fourth-order valence-corrected chi connectivity index (χ4v) is 2.63. The number of carbonyl (C=O) groups excluding carboxylic acids is 1. The molecule has 0 aromatic heterocycles. The van der Waals surface area contributed by atoms with E-state index >= 15 is 0 Å². The quantitative estimate of drug-likeness (QED) is 0.927. The maximum absolute atomic E-state index is 12.3. The number of benzene rings is 1. The van der Waals surface area contributed by atoms with Gasteiger partial charge < -0.3 is 19.7 Å². The van der Waals surface area contributed by atoms with Crippen LogP contribution in [-0.2, 0) is 4.74 Å². The number of anilines is 1. The van der Waals surface area contributed by atoms with Crippen LogP contribution in [-0.4, -0.2) is 43.8 Å². The molecular formula is C15H21ClN2O3. The fraction of sp³-hybridized carbons (Fsp3) is 0.533. The summed E-state index contributed by atoms with van der Waals surface area (Å²) in [4.78, 5) is 14.1. The molecule has 0 radical (unpaired) electrons. The predicted octanol–water partition coefficient (Wildman–Crippen LogP) is 3.38. The number of ether oxygens (including phenoxy) is 2. The monoisotopic (exact) mass is 312 g/mol. The Kier molecular flexibility index (Phi) is 5.70. The van der Waals surface area contributed by atoms with Crippen LogP contribution in [0.15, 0.2) is 18.2 Å². The molecule has 1 aromatic rings. The number of likely N-dealkylation sites (tertiary alicyclic amines) is 1. The van der Waals surface area contributed by atoms with Crippen LogP contribution in [0, 0.1) is 0 Å². The molecule has 1 N–H and O–H groups in total. The number of methoxy groups -OCH3 is 1. The zero-order valence-electron chi connectivity index (χ0n) is 12.4. The van der Waals surface area contributed by atoms with Gasteiger partial charge in [0.2, 0.25) is 0 Å². The minimum Gasteiger partial charge on any atom is -0.497 e. The number of urea groups is 1. The molecule has 6 heteroatoms. The van der Waals surface area contributed by atoms with Gasteiger partial charge in [-0.15, -0.1) is 0 Å². The van der Waals surface area contributed by atoms with Crippen molar-refractivity contribution < 1.29 is 14.3 Å².